The van der Waals surface area contributed by atoms with E-state index in [0.717, 1.165) is 6.07 Å². The Balaban J connectivity index is 3.62. The molecule has 2 N–H and O–H groups in total. The molecule has 0 aliphatic heterocycles. The van der Waals surface area contributed by atoms with Crippen LogP contribution in [0.5, 0.6) is 11.5 Å². The van der Waals surface area contributed by atoms with Crippen molar-refractivity contribution in [2.45, 2.75) is 45.1 Å². The first-order valence-corrected chi connectivity index (χ1v) is 8.71. The Bertz CT molecular complexity index is 676. The highest BCUT2D eigenvalue weighted by atomic mass is 32.2. The quantitative estimate of drug-likeness (QED) is 0.786. The molecule has 0 heterocycles. The summed E-state index contributed by atoms with van der Waals surface area (Å²) in [6.07, 6.45) is 0. The highest BCUT2D eigenvalue weighted by molar-refractivity contribution is 7.89. The Labute approximate surface area is 136 Å². The maximum absolute atomic E-state index is 12.6. The smallest absolute Gasteiger partial charge is 0.335 e. The summed E-state index contributed by atoms with van der Waals surface area (Å²) in [5.74, 6) is -1.15. The molecule has 0 aromatic heterocycles. The molecule has 1 rings (SSSR count). The first-order chi connectivity index (χ1) is 10.5. The van der Waals surface area contributed by atoms with Crippen molar-refractivity contribution >= 4 is 16.0 Å². The summed E-state index contributed by atoms with van der Waals surface area (Å²) < 4.78 is 38.5. The van der Waals surface area contributed by atoms with E-state index >= 15 is 0 Å². The lowest BCUT2D eigenvalue weighted by Crippen LogP contribution is -2.40. The number of sulfonamides is 1. The third-order valence-electron chi connectivity index (χ3n) is 2.59. The van der Waals surface area contributed by atoms with Crippen molar-refractivity contribution in [3.05, 3.63) is 17.7 Å². The Morgan fingerprint density at radius 2 is 1.74 bits per heavy atom. The van der Waals surface area contributed by atoms with Crippen LogP contribution < -0.4 is 14.2 Å². The van der Waals surface area contributed by atoms with Crippen LogP contribution in [0.15, 0.2) is 17.0 Å². The lowest BCUT2D eigenvalue weighted by atomic mass is 10.1. The lowest BCUT2D eigenvalue weighted by molar-refractivity contribution is 0.0696. The molecule has 0 amide bonds. The van der Waals surface area contributed by atoms with Gasteiger partial charge in [0.1, 0.15) is 4.90 Å². The summed E-state index contributed by atoms with van der Waals surface area (Å²) in [7, 11) is -3.99. The molecule has 0 saturated carbocycles. The fourth-order valence-electron chi connectivity index (χ4n) is 1.91. The molecule has 0 fully saturated rings. The van der Waals surface area contributed by atoms with E-state index in [4.69, 9.17) is 9.47 Å². The first-order valence-electron chi connectivity index (χ1n) is 7.22. The van der Waals surface area contributed by atoms with Crippen LogP contribution in [0.4, 0.5) is 0 Å². The lowest BCUT2D eigenvalue weighted by Gasteiger charge is -2.22. The fraction of sp³-hybridized carbons (Fsp3) is 0.533. The second-order valence-corrected chi connectivity index (χ2v) is 7.48. The first kappa shape index (κ1) is 19.2. The average molecular weight is 345 g/mol. The molecule has 0 radical (unpaired) electrons. The minimum atomic E-state index is -3.99. The Morgan fingerprint density at radius 1 is 1.17 bits per heavy atom. The number of carboxylic acids is 1. The minimum Gasteiger partial charge on any atom is -0.490 e. The third kappa shape index (κ3) is 5.11. The van der Waals surface area contributed by atoms with E-state index in [1.165, 1.54) is 6.07 Å². The van der Waals surface area contributed by atoms with Crippen LogP contribution in [-0.2, 0) is 10.0 Å². The largest absolute Gasteiger partial charge is 0.490 e. The molecule has 8 heteroatoms. The number of rotatable bonds is 7. The van der Waals surface area contributed by atoms with E-state index in [0.29, 0.717) is 0 Å². The van der Waals surface area contributed by atoms with Gasteiger partial charge in [0.25, 0.3) is 0 Å². The van der Waals surface area contributed by atoms with E-state index in [1.807, 2.05) is 0 Å². The summed E-state index contributed by atoms with van der Waals surface area (Å²) in [4.78, 5) is 11.0. The van der Waals surface area contributed by atoms with Crippen molar-refractivity contribution in [3.8, 4) is 11.5 Å². The normalized spacial score (nSPS) is 12.0. The van der Waals surface area contributed by atoms with Gasteiger partial charge < -0.3 is 14.6 Å². The molecule has 1 aromatic rings. The maximum atomic E-state index is 12.6. The standard InChI is InChI=1S/C15H23NO6S/c1-6-21-11-8-10(14(17)18)9-12(13(11)22-7-2)23(19,20)16-15(3,4)5/h8-9,16H,6-7H2,1-5H3,(H,17,18). The molecular weight excluding hydrogens is 322 g/mol. The average Bonchev–Trinajstić information content (AvgIpc) is 2.37. The van der Waals surface area contributed by atoms with Gasteiger partial charge in [-0.05, 0) is 46.8 Å². The highest BCUT2D eigenvalue weighted by Gasteiger charge is 2.29. The summed E-state index contributed by atoms with van der Waals surface area (Å²) in [5, 5.41) is 9.21. The Hall–Kier alpha value is -1.80. The molecule has 0 spiro atoms. The van der Waals surface area contributed by atoms with E-state index in [1.54, 1.807) is 34.6 Å². The molecule has 0 aliphatic carbocycles. The van der Waals surface area contributed by atoms with Gasteiger partial charge in [0.2, 0.25) is 10.0 Å². The number of nitrogens with one attached hydrogen (secondary N) is 1. The third-order valence-corrected chi connectivity index (χ3v) is 4.35. The van der Waals surface area contributed by atoms with Crippen molar-refractivity contribution in [2.24, 2.45) is 0 Å². The summed E-state index contributed by atoms with van der Waals surface area (Å²) in [5.41, 5.74) is -0.918. The Kier molecular flexibility index (Phi) is 6.01. The highest BCUT2D eigenvalue weighted by Crippen LogP contribution is 2.36. The predicted octanol–water partition coefficient (Wildman–Crippen LogP) is 2.26. The zero-order valence-corrected chi connectivity index (χ0v) is 14.8. The van der Waals surface area contributed by atoms with Crippen LogP contribution >= 0.6 is 0 Å². The number of hydrogen-bond donors (Lipinski definition) is 2. The topological polar surface area (TPSA) is 102 Å². The molecular formula is C15H23NO6S. The summed E-state index contributed by atoms with van der Waals surface area (Å²) >= 11 is 0. The second kappa shape index (κ2) is 7.18. The molecule has 130 valence electrons. The molecule has 0 atom stereocenters. The molecule has 0 aliphatic rings. The van der Waals surface area contributed by atoms with Crippen LogP contribution in [0.2, 0.25) is 0 Å². The monoisotopic (exact) mass is 345 g/mol. The molecule has 1 aromatic carbocycles. The van der Waals surface area contributed by atoms with Gasteiger partial charge in [-0.2, -0.15) is 0 Å². The van der Waals surface area contributed by atoms with E-state index in [-0.39, 0.29) is 35.2 Å². The molecule has 0 bridgehead atoms. The zero-order chi connectivity index (χ0) is 17.8. The second-order valence-electron chi connectivity index (χ2n) is 5.83. The minimum absolute atomic E-state index is 0.0103. The number of aromatic carboxylic acids is 1. The SMILES string of the molecule is CCOc1cc(C(=O)O)cc(S(=O)(=O)NC(C)(C)C)c1OCC. The van der Waals surface area contributed by atoms with Gasteiger partial charge in [0, 0.05) is 5.54 Å². The summed E-state index contributed by atoms with van der Waals surface area (Å²) in [6.45, 7) is 8.94. The number of ether oxygens (including phenoxy) is 2. The number of carboxylic acid groups (broad SMARTS) is 1. The number of benzene rings is 1. The van der Waals surface area contributed by atoms with Crippen molar-refractivity contribution in [1.29, 1.82) is 0 Å². The number of hydrogen-bond acceptors (Lipinski definition) is 5. The molecule has 0 unspecified atom stereocenters. The molecule has 0 saturated heterocycles. The van der Waals surface area contributed by atoms with Crippen molar-refractivity contribution in [1.82, 2.24) is 4.72 Å². The van der Waals surface area contributed by atoms with Crippen LogP contribution in [0, 0.1) is 0 Å². The molecule has 23 heavy (non-hydrogen) atoms. The van der Waals surface area contributed by atoms with E-state index in [2.05, 4.69) is 4.72 Å². The van der Waals surface area contributed by atoms with Gasteiger partial charge in [-0.25, -0.2) is 17.9 Å². The van der Waals surface area contributed by atoms with Gasteiger partial charge in [-0.15, -0.1) is 0 Å². The summed E-state index contributed by atoms with van der Waals surface area (Å²) in [6, 6.07) is 2.33. The van der Waals surface area contributed by atoms with Crippen LogP contribution in [0.3, 0.4) is 0 Å². The van der Waals surface area contributed by atoms with E-state index < -0.39 is 21.5 Å². The maximum Gasteiger partial charge on any atom is 0.335 e. The van der Waals surface area contributed by atoms with Gasteiger partial charge in [0.05, 0.1) is 18.8 Å². The van der Waals surface area contributed by atoms with Crippen LogP contribution in [0.1, 0.15) is 45.0 Å². The predicted molar refractivity (Wildman–Crippen MR) is 85.8 cm³/mol. The van der Waals surface area contributed by atoms with Crippen LogP contribution in [0.25, 0.3) is 0 Å². The molecule has 7 nitrogen and oxygen atoms in total. The fourth-order valence-corrected chi connectivity index (χ4v) is 3.51. The zero-order valence-electron chi connectivity index (χ0n) is 14.0. The van der Waals surface area contributed by atoms with Crippen molar-refractivity contribution in [3.63, 3.8) is 0 Å². The van der Waals surface area contributed by atoms with Crippen molar-refractivity contribution < 1.29 is 27.8 Å². The van der Waals surface area contributed by atoms with Crippen LogP contribution in [-0.4, -0.2) is 38.2 Å². The number of carbonyl (C=O) groups is 1. The Morgan fingerprint density at radius 3 is 2.17 bits per heavy atom. The van der Waals surface area contributed by atoms with Gasteiger partial charge in [-0.1, -0.05) is 0 Å². The van der Waals surface area contributed by atoms with Gasteiger partial charge in [-0.3, -0.25) is 0 Å². The van der Waals surface area contributed by atoms with Crippen molar-refractivity contribution in [2.75, 3.05) is 13.2 Å². The van der Waals surface area contributed by atoms with Gasteiger partial charge in [0.15, 0.2) is 11.5 Å². The van der Waals surface area contributed by atoms with Gasteiger partial charge >= 0.3 is 5.97 Å². The van der Waals surface area contributed by atoms with E-state index in [9.17, 15) is 18.3 Å².